The Morgan fingerprint density at radius 2 is 1.41 bits per heavy atom. The minimum Gasteiger partial charge on any atom is -0.486 e. The summed E-state index contributed by atoms with van der Waals surface area (Å²) in [5.74, 6) is 1.62. The molecule has 3 aromatic carbocycles. The van der Waals surface area contributed by atoms with E-state index in [2.05, 4.69) is 88.3 Å². The van der Waals surface area contributed by atoms with Crippen molar-refractivity contribution in [2.75, 3.05) is 51.3 Å². The van der Waals surface area contributed by atoms with Gasteiger partial charge in [-0.25, -0.2) is 4.68 Å². The normalized spacial score (nSPS) is 16.0. The first kappa shape index (κ1) is 20.8. The smallest absolute Gasteiger partial charge is 0.161 e. The molecule has 0 N–H and O–H groups in total. The lowest BCUT2D eigenvalue weighted by Gasteiger charge is -2.34. The van der Waals surface area contributed by atoms with Crippen molar-refractivity contribution in [2.45, 2.75) is 0 Å². The molecule has 2 aliphatic heterocycles. The first-order valence-electron chi connectivity index (χ1n) is 11.8. The summed E-state index contributed by atoms with van der Waals surface area (Å²) in [6, 6.07) is 25.3. The Kier molecular flexibility index (Phi) is 5.43. The molecule has 1 aromatic heterocycles. The summed E-state index contributed by atoms with van der Waals surface area (Å²) in [7, 11) is 2.18. The highest BCUT2D eigenvalue weighted by Crippen LogP contribution is 2.36. The number of likely N-dealkylation sites (N-methyl/N-ethyl adjacent to an activating group) is 1. The molecular formula is C28H28N4O2. The van der Waals surface area contributed by atoms with Crippen molar-refractivity contribution in [3.05, 3.63) is 79.0 Å². The van der Waals surface area contributed by atoms with E-state index in [1.165, 1.54) is 11.3 Å². The number of piperazine rings is 1. The van der Waals surface area contributed by atoms with Crippen LogP contribution in [-0.2, 0) is 0 Å². The fraction of sp³-hybridized carbons (Fsp3) is 0.250. The molecule has 0 radical (unpaired) electrons. The number of aromatic nitrogens is 2. The highest BCUT2D eigenvalue weighted by Gasteiger charge is 2.22. The minimum atomic E-state index is 0.590. The van der Waals surface area contributed by atoms with Crippen LogP contribution in [0.1, 0.15) is 0 Å². The van der Waals surface area contributed by atoms with Gasteiger partial charge in [-0.1, -0.05) is 48.5 Å². The number of hydrogen-bond acceptors (Lipinski definition) is 5. The van der Waals surface area contributed by atoms with E-state index in [4.69, 9.17) is 14.6 Å². The second kappa shape index (κ2) is 8.88. The molecule has 3 heterocycles. The first-order chi connectivity index (χ1) is 16.8. The predicted molar refractivity (Wildman–Crippen MR) is 135 cm³/mol. The molecule has 4 aromatic rings. The number of nitrogens with zero attached hydrogens (tertiary/aromatic N) is 4. The second-order valence-corrected chi connectivity index (χ2v) is 8.85. The molecule has 6 nitrogen and oxygen atoms in total. The van der Waals surface area contributed by atoms with E-state index < -0.39 is 0 Å². The Balaban J connectivity index is 1.36. The summed E-state index contributed by atoms with van der Waals surface area (Å²) >= 11 is 0. The van der Waals surface area contributed by atoms with Crippen molar-refractivity contribution in [3.8, 4) is 39.6 Å². The van der Waals surface area contributed by atoms with Gasteiger partial charge in [-0.2, -0.15) is 5.10 Å². The molecule has 0 atom stereocenters. The maximum Gasteiger partial charge on any atom is 0.161 e. The van der Waals surface area contributed by atoms with Crippen molar-refractivity contribution in [3.63, 3.8) is 0 Å². The molecule has 6 rings (SSSR count). The van der Waals surface area contributed by atoms with Gasteiger partial charge in [0.1, 0.15) is 13.2 Å². The average molecular weight is 453 g/mol. The zero-order valence-electron chi connectivity index (χ0n) is 19.4. The molecule has 0 unspecified atom stereocenters. The summed E-state index contributed by atoms with van der Waals surface area (Å²) in [5.41, 5.74) is 6.78. The molecule has 1 saturated heterocycles. The SMILES string of the molecule is CN1CCN(c2cnn(-c3ccc(-c4ccc5c(c4)OCCO5)cc3)c2-c2ccccc2)CC1. The maximum absolute atomic E-state index is 5.76. The largest absolute Gasteiger partial charge is 0.486 e. The van der Waals surface area contributed by atoms with E-state index >= 15 is 0 Å². The Bertz CT molecular complexity index is 1280. The van der Waals surface area contributed by atoms with Gasteiger partial charge in [-0.05, 0) is 42.4 Å². The lowest BCUT2D eigenvalue weighted by molar-refractivity contribution is 0.171. The summed E-state index contributed by atoms with van der Waals surface area (Å²) < 4.78 is 13.5. The van der Waals surface area contributed by atoms with Crippen LogP contribution in [0, 0.1) is 0 Å². The lowest BCUT2D eigenvalue weighted by atomic mass is 10.0. The molecule has 0 bridgehead atoms. The fourth-order valence-corrected chi connectivity index (χ4v) is 4.70. The molecule has 2 aliphatic rings. The first-order valence-corrected chi connectivity index (χ1v) is 11.8. The van der Waals surface area contributed by atoms with Crippen molar-refractivity contribution < 1.29 is 9.47 Å². The van der Waals surface area contributed by atoms with E-state index in [0.717, 1.165) is 60.2 Å². The third-order valence-corrected chi connectivity index (χ3v) is 6.63. The van der Waals surface area contributed by atoms with Gasteiger partial charge < -0.3 is 19.3 Å². The van der Waals surface area contributed by atoms with E-state index in [1.54, 1.807) is 0 Å². The quantitative estimate of drug-likeness (QED) is 0.448. The van der Waals surface area contributed by atoms with Crippen LogP contribution in [0.25, 0.3) is 28.1 Å². The second-order valence-electron chi connectivity index (χ2n) is 8.85. The van der Waals surface area contributed by atoms with Crippen molar-refractivity contribution in [1.29, 1.82) is 0 Å². The molecule has 1 fully saturated rings. The Labute approximate surface area is 199 Å². The van der Waals surface area contributed by atoms with Crippen LogP contribution in [0.4, 0.5) is 5.69 Å². The third-order valence-electron chi connectivity index (χ3n) is 6.63. The molecule has 0 spiro atoms. The molecule has 6 heteroatoms. The van der Waals surface area contributed by atoms with Crippen LogP contribution in [0.15, 0.2) is 79.0 Å². The molecule has 0 amide bonds. The molecule has 172 valence electrons. The van der Waals surface area contributed by atoms with Gasteiger partial charge in [0.15, 0.2) is 11.5 Å². The average Bonchev–Trinajstić information content (AvgIpc) is 3.35. The predicted octanol–water partition coefficient (Wildman–Crippen LogP) is 4.73. The van der Waals surface area contributed by atoms with Gasteiger partial charge in [-0.15, -0.1) is 0 Å². The third kappa shape index (κ3) is 3.90. The van der Waals surface area contributed by atoms with Crippen LogP contribution < -0.4 is 14.4 Å². The van der Waals surface area contributed by atoms with E-state index in [-0.39, 0.29) is 0 Å². The molecule has 34 heavy (non-hydrogen) atoms. The highest BCUT2D eigenvalue weighted by atomic mass is 16.6. The van der Waals surface area contributed by atoms with Crippen molar-refractivity contribution in [2.24, 2.45) is 0 Å². The standard InChI is InChI=1S/C28H28N4O2/c1-30-13-15-31(16-14-30)25-20-29-32(28(25)22-5-3-2-4-6-22)24-10-7-21(8-11-24)23-9-12-26-27(19-23)34-18-17-33-26/h2-12,19-20H,13-18H2,1H3. The monoisotopic (exact) mass is 452 g/mol. The summed E-state index contributed by atoms with van der Waals surface area (Å²) in [6.07, 6.45) is 2.02. The topological polar surface area (TPSA) is 42.8 Å². The summed E-state index contributed by atoms with van der Waals surface area (Å²) in [6.45, 7) is 5.32. The number of hydrogen-bond donors (Lipinski definition) is 0. The van der Waals surface area contributed by atoms with Gasteiger partial charge in [0.25, 0.3) is 0 Å². The van der Waals surface area contributed by atoms with Crippen LogP contribution in [0.3, 0.4) is 0 Å². The summed E-state index contributed by atoms with van der Waals surface area (Å²) in [5, 5.41) is 4.84. The molecule has 0 aliphatic carbocycles. The maximum atomic E-state index is 5.76. The van der Waals surface area contributed by atoms with Crippen LogP contribution in [-0.4, -0.2) is 61.1 Å². The van der Waals surface area contributed by atoms with Gasteiger partial charge in [0.05, 0.1) is 23.3 Å². The van der Waals surface area contributed by atoms with E-state index in [1.807, 2.05) is 12.3 Å². The number of anilines is 1. The number of fused-ring (bicyclic) bond motifs is 1. The van der Waals surface area contributed by atoms with Crippen molar-refractivity contribution >= 4 is 5.69 Å². The zero-order valence-corrected chi connectivity index (χ0v) is 19.4. The number of rotatable bonds is 4. The van der Waals surface area contributed by atoms with Crippen molar-refractivity contribution in [1.82, 2.24) is 14.7 Å². The van der Waals surface area contributed by atoms with E-state index in [0.29, 0.717) is 13.2 Å². The number of benzene rings is 3. The Hall–Kier alpha value is -3.77. The highest BCUT2D eigenvalue weighted by molar-refractivity contribution is 5.77. The summed E-state index contributed by atoms with van der Waals surface area (Å²) in [4.78, 5) is 4.83. The van der Waals surface area contributed by atoms with Gasteiger partial charge in [0, 0.05) is 31.7 Å². The molecule has 0 saturated carbocycles. The van der Waals surface area contributed by atoms with Crippen LogP contribution >= 0.6 is 0 Å². The van der Waals surface area contributed by atoms with Gasteiger partial charge >= 0.3 is 0 Å². The lowest BCUT2D eigenvalue weighted by Crippen LogP contribution is -2.44. The zero-order chi connectivity index (χ0) is 22.9. The molecular weight excluding hydrogens is 424 g/mol. The van der Waals surface area contributed by atoms with E-state index in [9.17, 15) is 0 Å². The Morgan fingerprint density at radius 3 is 2.18 bits per heavy atom. The number of ether oxygens (including phenoxy) is 2. The van der Waals surface area contributed by atoms with Gasteiger partial charge in [0.2, 0.25) is 0 Å². The van der Waals surface area contributed by atoms with Gasteiger partial charge in [-0.3, -0.25) is 0 Å². The van der Waals surface area contributed by atoms with Crippen LogP contribution in [0.5, 0.6) is 11.5 Å². The minimum absolute atomic E-state index is 0.590. The fourth-order valence-electron chi connectivity index (χ4n) is 4.70. The Morgan fingerprint density at radius 1 is 0.706 bits per heavy atom. The van der Waals surface area contributed by atoms with Crippen LogP contribution in [0.2, 0.25) is 0 Å².